The molecular formula is C15H21F3N2O. The Labute approximate surface area is 123 Å². The molecule has 1 saturated heterocycles. The molecule has 1 fully saturated rings. The molecule has 21 heavy (non-hydrogen) atoms. The van der Waals surface area contributed by atoms with Crippen LogP contribution in [0, 0.1) is 0 Å². The third-order valence-corrected chi connectivity index (χ3v) is 4.10. The molecule has 1 aliphatic rings. The van der Waals surface area contributed by atoms with E-state index < -0.39 is 6.36 Å². The lowest BCUT2D eigenvalue weighted by Crippen LogP contribution is -2.49. The fourth-order valence-corrected chi connectivity index (χ4v) is 2.55. The first-order valence-electron chi connectivity index (χ1n) is 7.06. The number of hydrogen-bond donors (Lipinski definition) is 1. The average molecular weight is 302 g/mol. The summed E-state index contributed by atoms with van der Waals surface area (Å²) in [5.41, 5.74) is 1.00. The summed E-state index contributed by atoms with van der Waals surface area (Å²) < 4.78 is 40.6. The van der Waals surface area contributed by atoms with Gasteiger partial charge in [0.15, 0.2) is 0 Å². The molecule has 0 unspecified atom stereocenters. The molecule has 1 N–H and O–H groups in total. The Bertz CT molecular complexity index is 468. The van der Waals surface area contributed by atoms with Crippen molar-refractivity contribution in [2.45, 2.75) is 38.2 Å². The summed E-state index contributed by atoms with van der Waals surface area (Å²) in [6.07, 6.45) is -2.58. The van der Waals surface area contributed by atoms with Crippen LogP contribution in [0.15, 0.2) is 24.3 Å². The molecular weight excluding hydrogens is 281 g/mol. The fraction of sp³-hybridized carbons (Fsp3) is 0.600. The van der Waals surface area contributed by atoms with Crippen molar-refractivity contribution in [1.29, 1.82) is 0 Å². The predicted molar refractivity (Wildman–Crippen MR) is 75.1 cm³/mol. The van der Waals surface area contributed by atoms with E-state index in [1.807, 2.05) is 13.1 Å². The SMILES string of the molecule is CNC1(C)CCN(Cc2cccc(OC(F)(F)F)c2)CC1. The van der Waals surface area contributed by atoms with Crippen molar-refractivity contribution in [3.8, 4) is 5.75 Å². The lowest BCUT2D eigenvalue weighted by Gasteiger charge is -2.39. The topological polar surface area (TPSA) is 24.5 Å². The molecule has 1 heterocycles. The zero-order chi connectivity index (χ0) is 15.5. The van der Waals surface area contributed by atoms with Gasteiger partial charge in [0.2, 0.25) is 0 Å². The number of hydrogen-bond acceptors (Lipinski definition) is 3. The number of halogens is 3. The fourth-order valence-electron chi connectivity index (χ4n) is 2.55. The first-order chi connectivity index (χ1) is 9.80. The van der Waals surface area contributed by atoms with E-state index in [0.29, 0.717) is 6.54 Å². The van der Waals surface area contributed by atoms with Crippen LogP contribution in [0.1, 0.15) is 25.3 Å². The maximum atomic E-state index is 12.2. The predicted octanol–water partition coefficient (Wildman–Crippen LogP) is 3.16. The maximum absolute atomic E-state index is 12.2. The van der Waals surface area contributed by atoms with E-state index in [-0.39, 0.29) is 11.3 Å². The van der Waals surface area contributed by atoms with Gasteiger partial charge in [-0.3, -0.25) is 4.90 Å². The van der Waals surface area contributed by atoms with Crippen LogP contribution in [0.2, 0.25) is 0 Å². The highest BCUT2D eigenvalue weighted by Gasteiger charge is 2.31. The number of nitrogens with one attached hydrogen (secondary N) is 1. The smallest absolute Gasteiger partial charge is 0.406 e. The molecule has 0 amide bonds. The lowest BCUT2D eigenvalue weighted by atomic mass is 9.90. The third kappa shape index (κ3) is 4.89. The molecule has 1 aliphatic heterocycles. The first-order valence-corrected chi connectivity index (χ1v) is 7.06. The summed E-state index contributed by atoms with van der Waals surface area (Å²) in [6.45, 7) is 4.71. The van der Waals surface area contributed by atoms with Crippen LogP contribution in [0.5, 0.6) is 5.75 Å². The number of nitrogens with zero attached hydrogens (tertiary/aromatic N) is 1. The maximum Gasteiger partial charge on any atom is 0.573 e. The van der Waals surface area contributed by atoms with Gasteiger partial charge in [-0.25, -0.2) is 0 Å². The quantitative estimate of drug-likeness (QED) is 0.924. The standard InChI is InChI=1S/C15H21F3N2O/c1-14(19-2)6-8-20(9-7-14)11-12-4-3-5-13(10-12)21-15(16,17)18/h3-5,10,19H,6-9,11H2,1-2H3. The molecule has 118 valence electrons. The molecule has 0 aromatic heterocycles. The van der Waals surface area contributed by atoms with E-state index in [4.69, 9.17) is 0 Å². The van der Waals surface area contributed by atoms with Gasteiger partial charge in [-0.2, -0.15) is 0 Å². The minimum Gasteiger partial charge on any atom is -0.406 e. The van der Waals surface area contributed by atoms with Crippen LogP contribution in [0.3, 0.4) is 0 Å². The van der Waals surface area contributed by atoms with Crippen LogP contribution in [-0.2, 0) is 6.54 Å². The van der Waals surface area contributed by atoms with Crippen LogP contribution < -0.4 is 10.1 Å². The minimum atomic E-state index is -4.64. The van der Waals surface area contributed by atoms with Crippen molar-refractivity contribution >= 4 is 0 Å². The Morgan fingerprint density at radius 3 is 2.52 bits per heavy atom. The van der Waals surface area contributed by atoms with Crippen molar-refractivity contribution in [2.24, 2.45) is 0 Å². The Kier molecular flexibility index (Phi) is 4.78. The van der Waals surface area contributed by atoms with Crippen LogP contribution >= 0.6 is 0 Å². The van der Waals surface area contributed by atoms with Crippen LogP contribution in [0.25, 0.3) is 0 Å². The average Bonchev–Trinajstić information content (AvgIpc) is 2.40. The molecule has 0 aliphatic carbocycles. The highest BCUT2D eigenvalue weighted by molar-refractivity contribution is 5.28. The number of rotatable bonds is 4. The van der Waals surface area contributed by atoms with E-state index in [9.17, 15) is 13.2 Å². The number of alkyl halides is 3. The Morgan fingerprint density at radius 1 is 1.29 bits per heavy atom. The van der Waals surface area contributed by atoms with Crippen molar-refractivity contribution < 1.29 is 17.9 Å². The summed E-state index contributed by atoms with van der Waals surface area (Å²) in [5.74, 6) is -0.155. The van der Waals surface area contributed by atoms with E-state index >= 15 is 0 Å². The van der Waals surface area contributed by atoms with Crippen LogP contribution in [-0.4, -0.2) is 36.9 Å². The van der Waals surface area contributed by atoms with Gasteiger partial charge in [0, 0.05) is 25.2 Å². The molecule has 0 atom stereocenters. The van der Waals surface area contributed by atoms with E-state index in [0.717, 1.165) is 31.5 Å². The monoisotopic (exact) mass is 302 g/mol. The molecule has 0 spiro atoms. The number of ether oxygens (including phenoxy) is 1. The normalized spacial score (nSPS) is 19.5. The molecule has 6 heteroatoms. The molecule has 1 aromatic carbocycles. The van der Waals surface area contributed by atoms with E-state index in [1.54, 1.807) is 6.07 Å². The highest BCUT2D eigenvalue weighted by atomic mass is 19.4. The summed E-state index contributed by atoms with van der Waals surface area (Å²) in [7, 11) is 1.97. The Balaban J connectivity index is 1.93. The first kappa shape index (κ1) is 16.1. The molecule has 0 radical (unpaired) electrons. The Morgan fingerprint density at radius 2 is 1.95 bits per heavy atom. The van der Waals surface area contributed by atoms with Gasteiger partial charge >= 0.3 is 6.36 Å². The highest BCUT2D eigenvalue weighted by Crippen LogP contribution is 2.25. The number of benzene rings is 1. The van der Waals surface area contributed by atoms with Crippen molar-refractivity contribution in [3.63, 3.8) is 0 Å². The second-order valence-corrected chi connectivity index (χ2v) is 5.78. The molecule has 3 nitrogen and oxygen atoms in total. The van der Waals surface area contributed by atoms with E-state index in [1.165, 1.54) is 12.1 Å². The molecule has 2 rings (SSSR count). The zero-order valence-corrected chi connectivity index (χ0v) is 12.3. The van der Waals surface area contributed by atoms with Crippen LogP contribution in [0.4, 0.5) is 13.2 Å². The van der Waals surface area contributed by atoms with Gasteiger partial charge in [-0.1, -0.05) is 12.1 Å². The molecule has 1 aromatic rings. The number of likely N-dealkylation sites (tertiary alicyclic amines) is 1. The second kappa shape index (κ2) is 6.23. The minimum absolute atomic E-state index is 0.155. The zero-order valence-electron chi connectivity index (χ0n) is 12.3. The summed E-state index contributed by atoms with van der Waals surface area (Å²) in [5, 5.41) is 3.33. The van der Waals surface area contributed by atoms with Gasteiger partial charge in [0.1, 0.15) is 5.75 Å². The summed E-state index contributed by atoms with van der Waals surface area (Å²) in [6, 6.07) is 6.21. The van der Waals surface area contributed by atoms with Gasteiger partial charge in [0.25, 0.3) is 0 Å². The largest absolute Gasteiger partial charge is 0.573 e. The van der Waals surface area contributed by atoms with E-state index in [2.05, 4.69) is 21.9 Å². The second-order valence-electron chi connectivity index (χ2n) is 5.78. The number of piperidine rings is 1. The Hall–Kier alpha value is -1.27. The summed E-state index contributed by atoms with van der Waals surface area (Å²) in [4.78, 5) is 2.26. The van der Waals surface area contributed by atoms with Crippen molar-refractivity contribution in [3.05, 3.63) is 29.8 Å². The van der Waals surface area contributed by atoms with Crippen molar-refractivity contribution in [1.82, 2.24) is 10.2 Å². The summed E-state index contributed by atoms with van der Waals surface area (Å²) >= 11 is 0. The van der Waals surface area contributed by atoms with Crippen molar-refractivity contribution in [2.75, 3.05) is 20.1 Å². The third-order valence-electron chi connectivity index (χ3n) is 4.10. The van der Waals surface area contributed by atoms with Gasteiger partial charge in [0.05, 0.1) is 0 Å². The van der Waals surface area contributed by atoms with Gasteiger partial charge in [-0.05, 0) is 44.5 Å². The van der Waals surface area contributed by atoms with Gasteiger partial charge in [-0.15, -0.1) is 13.2 Å². The molecule has 0 saturated carbocycles. The molecule has 0 bridgehead atoms. The van der Waals surface area contributed by atoms with Gasteiger partial charge < -0.3 is 10.1 Å². The lowest BCUT2D eigenvalue weighted by molar-refractivity contribution is -0.274.